The summed E-state index contributed by atoms with van der Waals surface area (Å²) in [6, 6.07) is 6.30. The highest BCUT2D eigenvalue weighted by Crippen LogP contribution is 2.38. The molecule has 3 aromatic heterocycles. The number of benzene rings is 1. The number of ether oxygens (including phenoxy) is 1. The first-order chi connectivity index (χ1) is 12.0. The molecule has 0 N–H and O–H groups in total. The fraction of sp³-hybridized carbons (Fsp3) is 0.0625. The van der Waals surface area contributed by atoms with Gasteiger partial charge < -0.3 is 9.15 Å². The molecule has 0 unspecified atom stereocenters. The van der Waals surface area contributed by atoms with Crippen molar-refractivity contribution in [3.63, 3.8) is 0 Å². The summed E-state index contributed by atoms with van der Waals surface area (Å²) >= 11 is 1.40. The number of halogens is 3. The number of aromatic nitrogens is 3. The first-order valence-electron chi connectivity index (χ1n) is 7.00. The van der Waals surface area contributed by atoms with Crippen LogP contribution < -0.4 is 4.74 Å². The van der Waals surface area contributed by atoms with E-state index in [0.29, 0.717) is 11.6 Å². The SMILES string of the molecule is FC(F)(F)c1ccc(Oc2cncc3sc(-c4nnco4)cc23)cc1. The zero-order chi connectivity index (χ0) is 17.4. The molecular weight excluding hydrogens is 355 g/mol. The topological polar surface area (TPSA) is 61.0 Å². The monoisotopic (exact) mass is 363 g/mol. The average molecular weight is 363 g/mol. The van der Waals surface area contributed by atoms with Crippen molar-refractivity contribution in [2.45, 2.75) is 6.18 Å². The van der Waals surface area contributed by atoms with Crippen molar-refractivity contribution in [1.29, 1.82) is 0 Å². The molecule has 0 bridgehead atoms. The van der Waals surface area contributed by atoms with E-state index in [2.05, 4.69) is 15.2 Å². The van der Waals surface area contributed by atoms with Crippen LogP contribution in [0.3, 0.4) is 0 Å². The molecule has 126 valence electrons. The molecule has 3 heterocycles. The number of pyridine rings is 1. The summed E-state index contributed by atoms with van der Waals surface area (Å²) in [6.45, 7) is 0. The lowest BCUT2D eigenvalue weighted by atomic mass is 10.2. The largest absolute Gasteiger partial charge is 0.455 e. The number of fused-ring (bicyclic) bond motifs is 1. The van der Waals surface area contributed by atoms with Crippen LogP contribution in [0.15, 0.2) is 53.5 Å². The Labute approximate surface area is 142 Å². The lowest BCUT2D eigenvalue weighted by Crippen LogP contribution is -2.03. The Kier molecular flexibility index (Phi) is 3.65. The highest BCUT2D eigenvalue weighted by atomic mass is 32.1. The van der Waals surface area contributed by atoms with Crippen molar-refractivity contribution in [3.8, 4) is 22.3 Å². The van der Waals surface area contributed by atoms with Gasteiger partial charge in [0.15, 0.2) is 5.75 Å². The van der Waals surface area contributed by atoms with Crippen molar-refractivity contribution in [1.82, 2.24) is 15.2 Å². The molecule has 9 heteroatoms. The van der Waals surface area contributed by atoms with Crippen molar-refractivity contribution >= 4 is 21.4 Å². The van der Waals surface area contributed by atoms with E-state index in [4.69, 9.17) is 9.15 Å². The van der Waals surface area contributed by atoms with Gasteiger partial charge in [0, 0.05) is 11.6 Å². The number of rotatable bonds is 3. The predicted octanol–water partition coefficient (Wildman–Crippen LogP) is 5.16. The van der Waals surface area contributed by atoms with E-state index in [1.807, 2.05) is 6.07 Å². The molecule has 0 spiro atoms. The Morgan fingerprint density at radius 3 is 2.56 bits per heavy atom. The second-order valence-corrected chi connectivity index (χ2v) is 6.11. The maximum atomic E-state index is 12.6. The second kappa shape index (κ2) is 5.85. The van der Waals surface area contributed by atoms with Gasteiger partial charge in [0.2, 0.25) is 6.39 Å². The molecule has 0 aliphatic carbocycles. The van der Waals surface area contributed by atoms with Crippen LogP contribution in [-0.2, 0) is 6.18 Å². The molecule has 0 saturated carbocycles. The third-order valence-electron chi connectivity index (χ3n) is 3.39. The molecule has 4 aromatic rings. The van der Waals surface area contributed by atoms with Crippen LogP contribution in [-0.4, -0.2) is 15.2 Å². The Balaban J connectivity index is 1.67. The summed E-state index contributed by atoms with van der Waals surface area (Å²) < 4.78 is 49.6. The van der Waals surface area contributed by atoms with Gasteiger partial charge in [-0.2, -0.15) is 13.2 Å². The number of hydrogen-bond acceptors (Lipinski definition) is 6. The minimum absolute atomic E-state index is 0.285. The fourth-order valence-corrected chi connectivity index (χ4v) is 3.21. The number of thiophene rings is 1. The van der Waals surface area contributed by atoms with Gasteiger partial charge in [-0.05, 0) is 30.3 Å². The lowest BCUT2D eigenvalue weighted by Gasteiger charge is -2.09. The summed E-state index contributed by atoms with van der Waals surface area (Å²) in [4.78, 5) is 4.85. The zero-order valence-corrected chi connectivity index (χ0v) is 13.1. The predicted molar refractivity (Wildman–Crippen MR) is 84.4 cm³/mol. The number of hydrogen-bond donors (Lipinski definition) is 0. The molecule has 0 saturated heterocycles. The molecule has 0 radical (unpaired) electrons. The highest BCUT2D eigenvalue weighted by Gasteiger charge is 2.30. The molecule has 0 atom stereocenters. The Morgan fingerprint density at radius 2 is 1.88 bits per heavy atom. The molecule has 0 fully saturated rings. The van der Waals surface area contributed by atoms with E-state index in [1.165, 1.54) is 36.1 Å². The third kappa shape index (κ3) is 3.05. The van der Waals surface area contributed by atoms with Gasteiger partial charge in [0.25, 0.3) is 5.89 Å². The Bertz CT molecular complexity index is 1010. The smallest absolute Gasteiger partial charge is 0.416 e. The van der Waals surface area contributed by atoms with Crippen LogP contribution >= 0.6 is 11.3 Å². The van der Waals surface area contributed by atoms with Crippen molar-refractivity contribution in [2.24, 2.45) is 0 Å². The molecule has 0 aliphatic rings. The van der Waals surface area contributed by atoms with Crippen LogP contribution in [0.4, 0.5) is 13.2 Å². The molecule has 5 nitrogen and oxygen atoms in total. The van der Waals surface area contributed by atoms with Gasteiger partial charge in [-0.3, -0.25) is 4.98 Å². The standard InChI is InChI=1S/C16H8F3N3O2S/c17-16(18,19)9-1-3-10(4-2-9)24-12-6-20-7-14-11(12)5-13(25-14)15-22-21-8-23-15/h1-8H. The van der Waals surface area contributed by atoms with Gasteiger partial charge in [-0.15, -0.1) is 21.5 Å². The number of alkyl halides is 3. The van der Waals surface area contributed by atoms with Crippen LogP contribution in [0.1, 0.15) is 5.56 Å². The van der Waals surface area contributed by atoms with Gasteiger partial charge in [-0.1, -0.05) is 0 Å². The van der Waals surface area contributed by atoms with Gasteiger partial charge in [-0.25, -0.2) is 0 Å². The summed E-state index contributed by atoms with van der Waals surface area (Å²) in [5.41, 5.74) is -0.731. The van der Waals surface area contributed by atoms with Crippen molar-refractivity contribution in [2.75, 3.05) is 0 Å². The fourth-order valence-electron chi connectivity index (χ4n) is 2.24. The summed E-state index contributed by atoms with van der Waals surface area (Å²) in [5, 5.41) is 8.25. The maximum Gasteiger partial charge on any atom is 0.416 e. The molecular formula is C16H8F3N3O2S. The Hall–Kier alpha value is -2.94. The number of nitrogens with zero attached hydrogens (tertiary/aromatic N) is 3. The van der Waals surface area contributed by atoms with E-state index in [1.54, 1.807) is 6.20 Å². The van der Waals surface area contributed by atoms with Crippen molar-refractivity contribution < 1.29 is 22.3 Å². The maximum absolute atomic E-state index is 12.6. The van der Waals surface area contributed by atoms with E-state index in [-0.39, 0.29) is 5.75 Å². The van der Waals surface area contributed by atoms with E-state index < -0.39 is 11.7 Å². The Morgan fingerprint density at radius 1 is 1.08 bits per heavy atom. The second-order valence-electron chi connectivity index (χ2n) is 5.03. The van der Waals surface area contributed by atoms with Gasteiger partial charge in [0.1, 0.15) is 5.75 Å². The van der Waals surface area contributed by atoms with Gasteiger partial charge >= 0.3 is 6.18 Å². The normalized spacial score (nSPS) is 11.8. The zero-order valence-electron chi connectivity index (χ0n) is 12.3. The van der Waals surface area contributed by atoms with E-state index in [9.17, 15) is 13.2 Å². The minimum Gasteiger partial charge on any atom is -0.455 e. The summed E-state index contributed by atoms with van der Waals surface area (Å²) in [6.07, 6.45) is 0.0216. The molecule has 4 rings (SSSR count). The summed E-state index contributed by atoms with van der Waals surface area (Å²) in [7, 11) is 0. The molecule has 0 amide bonds. The van der Waals surface area contributed by atoms with Crippen molar-refractivity contribution in [3.05, 3.63) is 54.7 Å². The van der Waals surface area contributed by atoms with Crippen LogP contribution in [0.2, 0.25) is 0 Å². The lowest BCUT2D eigenvalue weighted by molar-refractivity contribution is -0.137. The third-order valence-corrected chi connectivity index (χ3v) is 4.45. The summed E-state index contributed by atoms with van der Waals surface area (Å²) in [5.74, 6) is 1.09. The minimum atomic E-state index is -4.38. The average Bonchev–Trinajstić information content (AvgIpc) is 3.24. The van der Waals surface area contributed by atoms with Crippen LogP contribution in [0.5, 0.6) is 11.5 Å². The first-order valence-corrected chi connectivity index (χ1v) is 7.81. The first kappa shape index (κ1) is 15.6. The van der Waals surface area contributed by atoms with E-state index >= 15 is 0 Å². The molecule has 0 aliphatic heterocycles. The van der Waals surface area contributed by atoms with Crippen LogP contribution in [0, 0.1) is 0 Å². The quantitative estimate of drug-likeness (QED) is 0.503. The molecule has 1 aromatic carbocycles. The van der Waals surface area contributed by atoms with Gasteiger partial charge in [0.05, 0.1) is 21.3 Å². The van der Waals surface area contributed by atoms with E-state index in [0.717, 1.165) is 27.1 Å². The highest BCUT2D eigenvalue weighted by molar-refractivity contribution is 7.22. The molecule has 25 heavy (non-hydrogen) atoms. The van der Waals surface area contributed by atoms with Crippen LogP contribution in [0.25, 0.3) is 20.9 Å².